The highest BCUT2D eigenvalue weighted by molar-refractivity contribution is 7.93. The average Bonchev–Trinajstić information content (AvgIpc) is 3.21. The van der Waals surface area contributed by atoms with E-state index in [-0.39, 0.29) is 12.3 Å². The van der Waals surface area contributed by atoms with Gasteiger partial charge in [0.25, 0.3) is 0 Å². The Balaban J connectivity index is 1.84. The second-order valence-corrected chi connectivity index (χ2v) is 9.53. The van der Waals surface area contributed by atoms with Gasteiger partial charge in [0.1, 0.15) is 5.75 Å². The molecule has 0 aliphatic carbocycles. The van der Waals surface area contributed by atoms with Gasteiger partial charge in [0, 0.05) is 11.3 Å². The number of carbonyl (C=O) groups excluding carboxylic acids is 1. The van der Waals surface area contributed by atoms with E-state index in [0.29, 0.717) is 35.0 Å². The quantitative estimate of drug-likeness (QED) is 0.515. The molecule has 0 amide bonds. The zero-order valence-electron chi connectivity index (χ0n) is 17.3. The Kier molecular flexibility index (Phi) is 6.62. The number of para-hydroxylation sites is 1. The predicted molar refractivity (Wildman–Crippen MR) is 119 cm³/mol. The summed E-state index contributed by atoms with van der Waals surface area (Å²) in [6.07, 6.45) is 0. The van der Waals surface area contributed by atoms with Gasteiger partial charge in [-0.3, -0.25) is 9.10 Å². The van der Waals surface area contributed by atoms with E-state index in [0.717, 1.165) is 0 Å². The molecule has 7 heteroatoms. The Morgan fingerprint density at radius 2 is 1.67 bits per heavy atom. The van der Waals surface area contributed by atoms with Crippen molar-refractivity contribution in [2.24, 2.45) is 0 Å². The van der Waals surface area contributed by atoms with Crippen LogP contribution in [0, 0.1) is 0 Å². The number of H-pyrrole nitrogens is 1. The molecular formula is C23H26N2O4S. The van der Waals surface area contributed by atoms with E-state index in [4.69, 9.17) is 4.74 Å². The summed E-state index contributed by atoms with van der Waals surface area (Å²) in [5.74, 6) is 0.542. The Morgan fingerprint density at radius 3 is 2.27 bits per heavy atom. The molecule has 1 N–H and O–H groups in total. The van der Waals surface area contributed by atoms with E-state index in [2.05, 4.69) is 4.98 Å². The lowest BCUT2D eigenvalue weighted by molar-refractivity contribution is 0.103. The van der Waals surface area contributed by atoms with E-state index in [1.54, 1.807) is 74.5 Å². The normalized spacial score (nSPS) is 11.5. The molecule has 0 aliphatic rings. The van der Waals surface area contributed by atoms with Crippen molar-refractivity contribution in [3.05, 3.63) is 83.7 Å². The second-order valence-electron chi connectivity index (χ2n) is 7.12. The van der Waals surface area contributed by atoms with E-state index >= 15 is 0 Å². The first-order valence-corrected chi connectivity index (χ1v) is 11.3. The number of benzene rings is 2. The fourth-order valence-corrected chi connectivity index (χ4v) is 4.26. The Labute approximate surface area is 177 Å². The lowest BCUT2D eigenvalue weighted by Crippen LogP contribution is -2.36. The van der Waals surface area contributed by atoms with Gasteiger partial charge in [0.05, 0.1) is 29.8 Å². The van der Waals surface area contributed by atoms with Crippen LogP contribution in [0.4, 0.5) is 5.69 Å². The van der Waals surface area contributed by atoms with Crippen molar-refractivity contribution >= 4 is 21.5 Å². The number of carbonyl (C=O) groups is 1. The average molecular weight is 427 g/mol. The van der Waals surface area contributed by atoms with Crippen LogP contribution >= 0.6 is 0 Å². The van der Waals surface area contributed by atoms with Crippen LogP contribution in [-0.4, -0.2) is 31.0 Å². The first-order chi connectivity index (χ1) is 14.3. The van der Waals surface area contributed by atoms with Crippen molar-refractivity contribution in [2.75, 3.05) is 10.9 Å². The highest BCUT2D eigenvalue weighted by atomic mass is 32.2. The van der Waals surface area contributed by atoms with Gasteiger partial charge in [-0.05, 0) is 69.3 Å². The number of aromatic amines is 1. The summed E-state index contributed by atoms with van der Waals surface area (Å²) >= 11 is 0. The summed E-state index contributed by atoms with van der Waals surface area (Å²) < 4.78 is 32.6. The molecule has 1 aromatic heterocycles. The third-order valence-corrected chi connectivity index (χ3v) is 6.83. The zero-order chi connectivity index (χ0) is 21.7. The maximum absolute atomic E-state index is 12.9. The minimum atomic E-state index is -3.55. The van der Waals surface area contributed by atoms with Crippen LogP contribution in [0.3, 0.4) is 0 Å². The van der Waals surface area contributed by atoms with Crippen LogP contribution in [0.2, 0.25) is 0 Å². The molecular weight excluding hydrogens is 400 g/mol. The van der Waals surface area contributed by atoms with Crippen molar-refractivity contribution in [1.29, 1.82) is 0 Å². The summed E-state index contributed by atoms with van der Waals surface area (Å²) in [6.45, 7) is 5.88. The third-order valence-electron chi connectivity index (χ3n) is 4.68. The fourth-order valence-electron chi connectivity index (χ4n) is 3.02. The van der Waals surface area contributed by atoms with E-state index in [1.807, 2.05) is 13.0 Å². The first kappa shape index (κ1) is 21.6. The summed E-state index contributed by atoms with van der Waals surface area (Å²) in [7, 11) is -3.55. The largest absolute Gasteiger partial charge is 0.494 e. The lowest BCUT2D eigenvalue weighted by Gasteiger charge is -2.26. The SMILES string of the molecule is CCOc1ccc(C(=O)c2ccc(CN(c3ccccc3)S(=O)(=O)C(C)C)[nH]2)cc1. The van der Waals surface area contributed by atoms with Crippen molar-refractivity contribution < 1.29 is 17.9 Å². The molecule has 0 unspecified atom stereocenters. The van der Waals surface area contributed by atoms with Gasteiger partial charge in [0.15, 0.2) is 0 Å². The molecule has 6 nitrogen and oxygen atoms in total. The van der Waals surface area contributed by atoms with Gasteiger partial charge in [-0.1, -0.05) is 18.2 Å². The number of aromatic nitrogens is 1. The van der Waals surface area contributed by atoms with Crippen LogP contribution in [0.5, 0.6) is 5.75 Å². The van der Waals surface area contributed by atoms with Crippen molar-refractivity contribution in [1.82, 2.24) is 4.98 Å². The summed E-state index contributed by atoms with van der Waals surface area (Å²) in [5, 5.41) is -0.572. The number of ether oxygens (including phenoxy) is 1. The number of sulfonamides is 1. The van der Waals surface area contributed by atoms with Crippen LogP contribution in [0.1, 0.15) is 42.5 Å². The number of nitrogens with one attached hydrogen (secondary N) is 1. The number of ketones is 1. The summed E-state index contributed by atoms with van der Waals surface area (Å²) in [4.78, 5) is 15.9. The molecule has 0 fully saturated rings. The molecule has 2 aromatic carbocycles. The van der Waals surface area contributed by atoms with Crippen molar-refractivity contribution in [3.63, 3.8) is 0 Å². The highest BCUT2D eigenvalue weighted by Gasteiger charge is 2.27. The smallest absolute Gasteiger partial charge is 0.237 e. The Bertz CT molecular complexity index is 1090. The molecule has 3 rings (SSSR count). The Morgan fingerprint density at radius 1 is 1.00 bits per heavy atom. The van der Waals surface area contributed by atoms with Crippen molar-refractivity contribution in [3.8, 4) is 5.75 Å². The van der Waals surface area contributed by atoms with Crippen LogP contribution in [0.15, 0.2) is 66.7 Å². The number of anilines is 1. The molecule has 3 aromatic rings. The monoisotopic (exact) mass is 426 g/mol. The van der Waals surface area contributed by atoms with Gasteiger partial charge in [0.2, 0.25) is 15.8 Å². The van der Waals surface area contributed by atoms with Gasteiger partial charge in [-0.2, -0.15) is 0 Å². The first-order valence-electron chi connectivity index (χ1n) is 9.85. The van der Waals surface area contributed by atoms with Crippen molar-refractivity contribution in [2.45, 2.75) is 32.6 Å². The lowest BCUT2D eigenvalue weighted by atomic mass is 10.1. The second kappa shape index (κ2) is 9.17. The number of hydrogen-bond donors (Lipinski definition) is 1. The maximum atomic E-state index is 12.9. The molecule has 0 spiro atoms. The Hall–Kier alpha value is -3.06. The zero-order valence-corrected chi connectivity index (χ0v) is 18.1. The van der Waals surface area contributed by atoms with Crippen LogP contribution in [0.25, 0.3) is 0 Å². The molecule has 0 atom stereocenters. The van der Waals surface area contributed by atoms with E-state index < -0.39 is 15.3 Å². The highest BCUT2D eigenvalue weighted by Crippen LogP contribution is 2.23. The number of rotatable bonds is 9. The van der Waals surface area contributed by atoms with E-state index in [9.17, 15) is 13.2 Å². The third kappa shape index (κ3) is 4.74. The van der Waals surface area contributed by atoms with Gasteiger partial charge in [-0.15, -0.1) is 0 Å². The molecule has 1 heterocycles. The van der Waals surface area contributed by atoms with Gasteiger partial charge in [-0.25, -0.2) is 8.42 Å². The molecule has 0 aliphatic heterocycles. The predicted octanol–water partition coefficient (Wildman–Crippen LogP) is 4.39. The van der Waals surface area contributed by atoms with Crippen LogP contribution in [-0.2, 0) is 16.6 Å². The maximum Gasteiger partial charge on any atom is 0.237 e. The minimum Gasteiger partial charge on any atom is -0.494 e. The van der Waals surface area contributed by atoms with E-state index in [1.165, 1.54) is 4.31 Å². The number of nitrogens with zero attached hydrogens (tertiary/aromatic N) is 1. The summed E-state index contributed by atoms with van der Waals surface area (Å²) in [5.41, 5.74) is 2.16. The molecule has 158 valence electrons. The molecule has 0 saturated heterocycles. The standard InChI is InChI=1S/C23H26N2O4S/c1-4-29-21-13-10-18(11-14-21)23(26)22-15-12-19(24-22)16-25(30(27,28)17(2)3)20-8-6-5-7-9-20/h5-15,17,24H,4,16H2,1-3H3. The molecule has 0 bridgehead atoms. The van der Waals surface area contributed by atoms with Gasteiger partial charge >= 0.3 is 0 Å². The fraction of sp³-hybridized carbons (Fsp3) is 0.261. The molecule has 0 saturated carbocycles. The molecule has 0 radical (unpaired) electrons. The van der Waals surface area contributed by atoms with Crippen LogP contribution < -0.4 is 9.04 Å². The summed E-state index contributed by atoms with van der Waals surface area (Å²) in [6, 6.07) is 19.3. The topological polar surface area (TPSA) is 79.5 Å². The van der Waals surface area contributed by atoms with Gasteiger partial charge < -0.3 is 9.72 Å². The molecule has 30 heavy (non-hydrogen) atoms. The number of hydrogen-bond acceptors (Lipinski definition) is 4. The minimum absolute atomic E-state index is 0.112.